The molecule has 0 aromatic heterocycles. The molecule has 3 N–H and O–H groups in total. The first-order valence-electron chi connectivity index (χ1n) is 8.89. The number of anilines is 1. The van der Waals surface area contributed by atoms with Crippen LogP contribution < -0.4 is 15.4 Å². The molecule has 0 spiro atoms. The molecule has 8 heteroatoms. The zero-order chi connectivity index (χ0) is 20.0. The van der Waals surface area contributed by atoms with Gasteiger partial charge in [-0.1, -0.05) is 6.07 Å². The lowest BCUT2D eigenvalue weighted by molar-refractivity contribution is -0.140. The summed E-state index contributed by atoms with van der Waals surface area (Å²) in [6, 6.07) is 5.35. The Balaban J connectivity index is 1.78. The lowest BCUT2D eigenvalue weighted by Gasteiger charge is -2.24. The second-order valence-electron chi connectivity index (χ2n) is 7.44. The van der Waals surface area contributed by atoms with Crippen molar-refractivity contribution in [2.45, 2.75) is 45.6 Å². The summed E-state index contributed by atoms with van der Waals surface area (Å²) in [5.41, 5.74) is 1.00. The van der Waals surface area contributed by atoms with E-state index in [4.69, 9.17) is 14.6 Å². The molecule has 2 amide bonds. The Kier molecular flexibility index (Phi) is 6.65. The number of rotatable bonds is 7. The van der Waals surface area contributed by atoms with Crippen LogP contribution in [-0.2, 0) is 20.7 Å². The van der Waals surface area contributed by atoms with Crippen LogP contribution in [-0.4, -0.2) is 41.8 Å². The molecular weight excluding hydrogens is 352 g/mol. The minimum atomic E-state index is -0.987. The largest absolute Gasteiger partial charge is 0.493 e. The van der Waals surface area contributed by atoms with Crippen LogP contribution in [0.4, 0.5) is 10.5 Å². The molecule has 27 heavy (non-hydrogen) atoms. The number of carboxylic acids is 1. The Bertz CT molecular complexity index is 711. The summed E-state index contributed by atoms with van der Waals surface area (Å²) in [7, 11) is 0. The monoisotopic (exact) mass is 378 g/mol. The smallest absolute Gasteiger partial charge is 0.407 e. The van der Waals surface area contributed by atoms with Gasteiger partial charge < -0.3 is 25.2 Å². The van der Waals surface area contributed by atoms with Gasteiger partial charge in [-0.2, -0.15) is 0 Å². The van der Waals surface area contributed by atoms with Crippen LogP contribution in [0.25, 0.3) is 0 Å². The van der Waals surface area contributed by atoms with E-state index in [2.05, 4.69) is 10.6 Å². The van der Waals surface area contributed by atoms with E-state index in [-0.39, 0.29) is 12.3 Å². The number of alkyl carbamates (subject to hydrolysis) is 1. The second-order valence-corrected chi connectivity index (χ2v) is 7.44. The van der Waals surface area contributed by atoms with E-state index in [1.807, 2.05) is 6.07 Å². The van der Waals surface area contributed by atoms with Crippen molar-refractivity contribution in [2.24, 2.45) is 5.92 Å². The van der Waals surface area contributed by atoms with E-state index in [0.29, 0.717) is 37.4 Å². The van der Waals surface area contributed by atoms with E-state index < -0.39 is 23.6 Å². The fourth-order valence-electron chi connectivity index (χ4n) is 2.68. The van der Waals surface area contributed by atoms with Gasteiger partial charge in [0.25, 0.3) is 0 Å². The van der Waals surface area contributed by atoms with Crippen molar-refractivity contribution in [3.05, 3.63) is 23.8 Å². The van der Waals surface area contributed by atoms with Crippen LogP contribution in [0.1, 0.15) is 39.2 Å². The summed E-state index contributed by atoms with van der Waals surface area (Å²) in [5.74, 6) is -1.23. The summed E-state index contributed by atoms with van der Waals surface area (Å²) in [4.78, 5) is 34.4. The number of carbonyl (C=O) groups excluding carboxylic acids is 2. The topological polar surface area (TPSA) is 114 Å². The van der Waals surface area contributed by atoms with E-state index in [1.165, 1.54) is 0 Å². The number of ether oxygens (including phenoxy) is 2. The molecule has 1 aromatic carbocycles. The van der Waals surface area contributed by atoms with Crippen LogP contribution in [0.5, 0.6) is 5.75 Å². The molecule has 0 saturated heterocycles. The molecule has 1 aliphatic rings. The fourth-order valence-corrected chi connectivity index (χ4v) is 2.68. The molecule has 0 fully saturated rings. The summed E-state index contributed by atoms with van der Waals surface area (Å²) >= 11 is 0. The molecule has 1 aliphatic heterocycles. The molecular formula is C19H26N2O6. The van der Waals surface area contributed by atoms with Crippen molar-refractivity contribution in [2.75, 3.05) is 18.5 Å². The number of benzene rings is 1. The minimum Gasteiger partial charge on any atom is -0.493 e. The minimum absolute atomic E-state index is 0.186. The molecule has 0 aliphatic carbocycles. The van der Waals surface area contributed by atoms with Crippen molar-refractivity contribution in [3.63, 3.8) is 0 Å². The van der Waals surface area contributed by atoms with Gasteiger partial charge in [-0.05, 0) is 45.2 Å². The SMILES string of the molecule is CC(C)(C)OC(=O)NCCCOc1ccc2c(c1)NC(=O)C(CC(=O)O)C2. The average Bonchev–Trinajstić information content (AvgIpc) is 2.53. The maximum Gasteiger partial charge on any atom is 0.407 e. The first-order valence-corrected chi connectivity index (χ1v) is 8.89. The van der Waals surface area contributed by atoms with Gasteiger partial charge in [0.2, 0.25) is 5.91 Å². The van der Waals surface area contributed by atoms with Crippen LogP contribution in [0, 0.1) is 5.92 Å². The number of carbonyl (C=O) groups is 3. The van der Waals surface area contributed by atoms with Crippen LogP contribution in [0.3, 0.4) is 0 Å². The van der Waals surface area contributed by atoms with E-state index in [0.717, 1.165) is 5.56 Å². The number of fused-ring (bicyclic) bond motifs is 1. The Morgan fingerprint density at radius 2 is 2.07 bits per heavy atom. The van der Waals surface area contributed by atoms with E-state index >= 15 is 0 Å². The summed E-state index contributed by atoms with van der Waals surface area (Å²) < 4.78 is 10.8. The highest BCUT2D eigenvalue weighted by atomic mass is 16.6. The van der Waals surface area contributed by atoms with Crippen molar-refractivity contribution >= 4 is 23.7 Å². The number of carboxylic acid groups (broad SMARTS) is 1. The van der Waals surface area contributed by atoms with Crippen LogP contribution in [0.2, 0.25) is 0 Å². The number of amides is 2. The van der Waals surface area contributed by atoms with Gasteiger partial charge in [-0.25, -0.2) is 4.79 Å². The summed E-state index contributed by atoms with van der Waals surface area (Å²) in [6.07, 6.45) is 0.348. The Morgan fingerprint density at radius 3 is 2.74 bits per heavy atom. The molecule has 0 radical (unpaired) electrons. The molecule has 0 saturated carbocycles. The van der Waals surface area contributed by atoms with Gasteiger partial charge in [0.15, 0.2) is 0 Å². The highest BCUT2D eigenvalue weighted by Gasteiger charge is 2.28. The van der Waals surface area contributed by atoms with Gasteiger partial charge in [0, 0.05) is 18.3 Å². The highest BCUT2D eigenvalue weighted by molar-refractivity contribution is 5.97. The third-order valence-electron chi connectivity index (χ3n) is 3.86. The molecule has 1 unspecified atom stereocenters. The van der Waals surface area contributed by atoms with Crippen molar-refractivity contribution in [1.82, 2.24) is 5.32 Å². The number of hydrogen-bond acceptors (Lipinski definition) is 5. The first-order chi connectivity index (χ1) is 12.6. The van der Waals surface area contributed by atoms with E-state index in [1.54, 1.807) is 32.9 Å². The average molecular weight is 378 g/mol. The Labute approximate surface area is 158 Å². The lowest BCUT2D eigenvalue weighted by atomic mass is 9.91. The maximum atomic E-state index is 12.0. The highest BCUT2D eigenvalue weighted by Crippen LogP contribution is 2.30. The van der Waals surface area contributed by atoms with Gasteiger partial charge in [0.1, 0.15) is 11.4 Å². The Hall–Kier alpha value is -2.77. The fraction of sp³-hybridized carbons (Fsp3) is 0.526. The van der Waals surface area contributed by atoms with Gasteiger partial charge in [-0.15, -0.1) is 0 Å². The van der Waals surface area contributed by atoms with Crippen molar-refractivity contribution in [3.8, 4) is 5.75 Å². The van der Waals surface area contributed by atoms with Gasteiger partial charge in [-0.3, -0.25) is 9.59 Å². The summed E-state index contributed by atoms with van der Waals surface area (Å²) in [5, 5.41) is 14.3. The van der Waals surface area contributed by atoms with Crippen LogP contribution >= 0.6 is 0 Å². The molecule has 1 atom stereocenters. The molecule has 1 heterocycles. The lowest BCUT2D eigenvalue weighted by Crippen LogP contribution is -2.33. The van der Waals surface area contributed by atoms with Crippen molar-refractivity contribution in [1.29, 1.82) is 0 Å². The predicted octanol–water partition coefficient (Wildman–Crippen LogP) is 2.57. The predicted molar refractivity (Wildman–Crippen MR) is 98.9 cm³/mol. The maximum absolute atomic E-state index is 12.0. The molecule has 148 valence electrons. The number of nitrogens with one attached hydrogen (secondary N) is 2. The van der Waals surface area contributed by atoms with E-state index in [9.17, 15) is 14.4 Å². The summed E-state index contributed by atoms with van der Waals surface area (Å²) in [6.45, 7) is 6.22. The molecule has 2 rings (SSSR count). The normalized spacial score (nSPS) is 16.1. The molecule has 8 nitrogen and oxygen atoms in total. The zero-order valence-electron chi connectivity index (χ0n) is 15.8. The quantitative estimate of drug-likeness (QED) is 0.628. The van der Waals surface area contributed by atoms with Crippen molar-refractivity contribution < 1.29 is 29.0 Å². The number of aliphatic carboxylic acids is 1. The Morgan fingerprint density at radius 1 is 1.33 bits per heavy atom. The zero-order valence-corrected chi connectivity index (χ0v) is 15.8. The van der Waals surface area contributed by atoms with Crippen LogP contribution in [0.15, 0.2) is 18.2 Å². The molecule has 1 aromatic rings. The first kappa shape index (κ1) is 20.5. The van der Waals surface area contributed by atoms with Gasteiger partial charge >= 0.3 is 12.1 Å². The third kappa shape index (κ3) is 6.80. The standard InChI is InChI=1S/C19H26N2O6/c1-19(2,3)27-18(25)20-7-4-8-26-14-6-5-12-9-13(10-16(22)23)17(24)21-15(12)11-14/h5-6,11,13H,4,7-10H2,1-3H3,(H,20,25)(H,21,24)(H,22,23). The molecule has 0 bridgehead atoms. The second kappa shape index (κ2) is 8.75. The number of hydrogen-bond donors (Lipinski definition) is 3. The third-order valence-corrected chi connectivity index (χ3v) is 3.86. The van der Waals surface area contributed by atoms with Gasteiger partial charge in [0.05, 0.1) is 18.9 Å².